The highest BCUT2D eigenvalue weighted by Gasteiger charge is 2.26. The van der Waals surface area contributed by atoms with Crippen molar-refractivity contribution in [3.8, 4) is 0 Å². The topological polar surface area (TPSA) is 32.5 Å². The number of anilines is 1. The molecule has 3 heteroatoms. The summed E-state index contributed by atoms with van der Waals surface area (Å²) in [4.78, 5) is 5.20. The van der Waals surface area contributed by atoms with Crippen molar-refractivity contribution in [2.45, 2.75) is 33.1 Å². The number of nitrogen functional groups attached to an aromatic ring is 1. The average molecular weight is 289 g/mol. The monoisotopic (exact) mass is 289 g/mol. The smallest absolute Gasteiger partial charge is 0.0314 e. The minimum atomic E-state index is 0.175. The number of piperazine rings is 1. The lowest BCUT2D eigenvalue weighted by molar-refractivity contribution is 0.107. The predicted molar refractivity (Wildman–Crippen MR) is 91.6 cm³/mol. The van der Waals surface area contributed by atoms with Gasteiger partial charge in [0.1, 0.15) is 0 Å². The molecule has 118 valence electrons. The Hall–Kier alpha value is -1.06. The molecule has 1 aromatic rings. The van der Waals surface area contributed by atoms with Crippen LogP contribution in [0, 0.1) is 5.92 Å². The second-order valence-electron chi connectivity index (χ2n) is 7.48. The first-order valence-corrected chi connectivity index (χ1v) is 8.17. The minimum absolute atomic E-state index is 0.175. The van der Waals surface area contributed by atoms with Crippen molar-refractivity contribution in [1.29, 1.82) is 0 Å². The molecule has 0 aromatic heterocycles. The van der Waals surface area contributed by atoms with Gasteiger partial charge >= 0.3 is 0 Å². The second-order valence-corrected chi connectivity index (χ2v) is 7.48. The van der Waals surface area contributed by atoms with E-state index in [4.69, 9.17) is 5.73 Å². The molecule has 1 heterocycles. The van der Waals surface area contributed by atoms with Crippen LogP contribution < -0.4 is 5.73 Å². The van der Waals surface area contributed by atoms with Crippen LogP contribution in [0.3, 0.4) is 0 Å². The standard InChI is InChI=1S/C18H31N3/c1-15(2)13-20-9-11-21(12-10-20)14-18(3,4)16-5-7-17(19)8-6-16/h5-8,15H,9-14,19H2,1-4H3. The van der Waals surface area contributed by atoms with Crippen LogP contribution in [0.1, 0.15) is 33.3 Å². The van der Waals surface area contributed by atoms with Gasteiger partial charge in [0.25, 0.3) is 0 Å². The number of hydrogen-bond acceptors (Lipinski definition) is 3. The van der Waals surface area contributed by atoms with Gasteiger partial charge in [0.2, 0.25) is 0 Å². The first-order chi connectivity index (χ1) is 9.87. The fourth-order valence-corrected chi connectivity index (χ4v) is 3.23. The summed E-state index contributed by atoms with van der Waals surface area (Å²) < 4.78 is 0. The molecular formula is C18H31N3. The van der Waals surface area contributed by atoms with Gasteiger partial charge in [-0.05, 0) is 23.6 Å². The van der Waals surface area contributed by atoms with E-state index >= 15 is 0 Å². The van der Waals surface area contributed by atoms with E-state index in [0.717, 1.165) is 18.2 Å². The van der Waals surface area contributed by atoms with Crippen LogP contribution in [-0.4, -0.2) is 49.1 Å². The summed E-state index contributed by atoms with van der Waals surface area (Å²) in [6.07, 6.45) is 0. The maximum absolute atomic E-state index is 5.79. The SMILES string of the molecule is CC(C)CN1CCN(CC(C)(C)c2ccc(N)cc2)CC1. The molecule has 0 spiro atoms. The molecule has 2 rings (SSSR count). The fourth-order valence-electron chi connectivity index (χ4n) is 3.23. The Kier molecular flexibility index (Phi) is 5.28. The van der Waals surface area contributed by atoms with Crippen molar-refractivity contribution in [3.05, 3.63) is 29.8 Å². The highest BCUT2D eigenvalue weighted by atomic mass is 15.3. The third-order valence-corrected chi connectivity index (χ3v) is 4.40. The van der Waals surface area contributed by atoms with Crippen LogP contribution in [0.15, 0.2) is 24.3 Å². The molecular weight excluding hydrogens is 258 g/mol. The molecule has 0 saturated carbocycles. The third-order valence-electron chi connectivity index (χ3n) is 4.40. The van der Waals surface area contributed by atoms with Gasteiger partial charge < -0.3 is 10.6 Å². The summed E-state index contributed by atoms with van der Waals surface area (Å²) in [5, 5.41) is 0. The molecule has 1 fully saturated rings. The molecule has 1 aromatic carbocycles. The van der Waals surface area contributed by atoms with Crippen molar-refractivity contribution in [2.75, 3.05) is 45.0 Å². The van der Waals surface area contributed by atoms with Crippen molar-refractivity contribution < 1.29 is 0 Å². The largest absolute Gasteiger partial charge is 0.399 e. The molecule has 1 saturated heterocycles. The van der Waals surface area contributed by atoms with E-state index in [1.807, 2.05) is 12.1 Å². The fraction of sp³-hybridized carbons (Fsp3) is 0.667. The van der Waals surface area contributed by atoms with E-state index in [2.05, 4.69) is 49.6 Å². The van der Waals surface area contributed by atoms with E-state index in [1.54, 1.807) is 0 Å². The van der Waals surface area contributed by atoms with Gasteiger partial charge in [-0.2, -0.15) is 0 Å². The number of nitrogens with zero attached hydrogens (tertiary/aromatic N) is 2. The molecule has 3 nitrogen and oxygen atoms in total. The van der Waals surface area contributed by atoms with Gasteiger partial charge in [-0.25, -0.2) is 0 Å². The molecule has 0 bridgehead atoms. The second kappa shape index (κ2) is 6.80. The zero-order chi connectivity index (χ0) is 15.5. The van der Waals surface area contributed by atoms with Crippen molar-refractivity contribution in [1.82, 2.24) is 9.80 Å². The summed E-state index contributed by atoms with van der Waals surface area (Å²) in [5.74, 6) is 0.766. The maximum atomic E-state index is 5.79. The van der Waals surface area contributed by atoms with Crippen molar-refractivity contribution >= 4 is 5.69 Å². The maximum Gasteiger partial charge on any atom is 0.0314 e. The van der Waals surface area contributed by atoms with Gasteiger partial charge in [0, 0.05) is 50.4 Å². The summed E-state index contributed by atoms with van der Waals surface area (Å²) in [6.45, 7) is 16.4. The Balaban J connectivity index is 1.88. The minimum Gasteiger partial charge on any atom is -0.399 e. The predicted octanol–water partition coefficient (Wildman–Crippen LogP) is 2.82. The summed E-state index contributed by atoms with van der Waals surface area (Å²) in [7, 11) is 0. The Labute approximate surface area is 130 Å². The molecule has 0 amide bonds. The van der Waals surface area contributed by atoms with E-state index in [-0.39, 0.29) is 5.41 Å². The van der Waals surface area contributed by atoms with Gasteiger partial charge in [0.15, 0.2) is 0 Å². The van der Waals surface area contributed by atoms with Crippen molar-refractivity contribution in [2.24, 2.45) is 5.92 Å². The normalized spacial score (nSPS) is 18.3. The first kappa shape index (κ1) is 16.3. The van der Waals surface area contributed by atoms with Crippen LogP contribution in [0.25, 0.3) is 0 Å². The third kappa shape index (κ3) is 4.72. The molecule has 2 N–H and O–H groups in total. The van der Waals surface area contributed by atoms with Crippen LogP contribution in [-0.2, 0) is 5.41 Å². The molecule has 0 atom stereocenters. The first-order valence-electron chi connectivity index (χ1n) is 8.17. The van der Waals surface area contributed by atoms with Gasteiger partial charge in [-0.15, -0.1) is 0 Å². The number of benzene rings is 1. The van der Waals surface area contributed by atoms with E-state index in [1.165, 1.54) is 38.3 Å². The molecule has 21 heavy (non-hydrogen) atoms. The van der Waals surface area contributed by atoms with Crippen molar-refractivity contribution in [3.63, 3.8) is 0 Å². The Bertz CT molecular complexity index is 428. The number of nitrogens with two attached hydrogens (primary N) is 1. The number of rotatable bonds is 5. The lowest BCUT2D eigenvalue weighted by Crippen LogP contribution is -2.50. The highest BCUT2D eigenvalue weighted by molar-refractivity contribution is 5.41. The zero-order valence-corrected chi connectivity index (χ0v) is 14.1. The molecule has 0 aliphatic carbocycles. The quantitative estimate of drug-likeness (QED) is 0.846. The summed E-state index contributed by atoms with van der Waals surface area (Å²) >= 11 is 0. The molecule has 0 unspecified atom stereocenters. The van der Waals surface area contributed by atoms with Crippen LogP contribution >= 0.6 is 0 Å². The Morgan fingerprint density at radius 2 is 1.52 bits per heavy atom. The number of hydrogen-bond donors (Lipinski definition) is 1. The average Bonchev–Trinajstić information content (AvgIpc) is 2.40. The molecule has 1 aliphatic rings. The van der Waals surface area contributed by atoms with Crippen LogP contribution in [0.5, 0.6) is 0 Å². The van der Waals surface area contributed by atoms with Gasteiger partial charge in [0.05, 0.1) is 0 Å². The van der Waals surface area contributed by atoms with E-state index in [0.29, 0.717) is 0 Å². The van der Waals surface area contributed by atoms with Crippen LogP contribution in [0.2, 0.25) is 0 Å². The van der Waals surface area contributed by atoms with E-state index < -0.39 is 0 Å². The Morgan fingerprint density at radius 3 is 2.05 bits per heavy atom. The van der Waals surface area contributed by atoms with E-state index in [9.17, 15) is 0 Å². The molecule has 0 radical (unpaired) electrons. The lowest BCUT2D eigenvalue weighted by atomic mass is 9.84. The molecule has 1 aliphatic heterocycles. The zero-order valence-electron chi connectivity index (χ0n) is 14.1. The highest BCUT2D eigenvalue weighted by Crippen LogP contribution is 2.25. The summed E-state index contributed by atoms with van der Waals surface area (Å²) in [6, 6.07) is 8.37. The van der Waals surface area contributed by atoms with Gasteiger partial charge in [-0.1, -0.05) is 39.8 Å². The lowest BCUT2D eigenvalue weighted by Gasteiger charge is -2.39. The Morgan fingerprint density at radius 1 is 1.00 bits per heavy atom. The van der Waals surface area contributed by atoms with Crippen LogP contribution in [0.4, 0.5) is 5.69 Å². The van der Waals surface area contributed by atoms with Gasteiger partial charge in [-0.3, -0.25) is 4.90 Å². The summed E-state index contributed by atoms with van der Waals surface area (Å²) in [5.41, 5.74) is 8.19.